The first-order chi connectivity index (χ1) is 14.9. The summed E-state index contributed by atoms with van der Waals surface area (Å²) in [5.41, 5.74) is 3.03. The van der Waals surface area contributed by atoms with Crippen LogP contribution in [0.1, 0.15) is 27.9 Å². The van der Waals surface area contributed by atoms with Crippen molar-refractivity contribution in [3.63, 3.8) is 0 Å². The van der Waals surface area contributed by atoms with Crippen molar-refractivity contribution in [2.75, 3.05) is 41.5 Å². The van der Waals surface area contributed by atoms with Crippen LogP contribution in [-0.4, -0.2) is 52.1 Å². The Balaban J connectivity index is 2.09. The van der Waals surface area contributed by atoms with Crippen LogP contribution in [0.2, 0.25) is 10.0 Å². The summed E-state index contributed by atoms with van der Waals surface area (Å²) in [7, 11) is 6.87. The van der Waals surface area contributed by atoms with E-state index >= 15 is 0 Å². The fourth-order valence-corrected chi connectivity index (χ4v) is 4.07. The van der Waals surface area contributed by atoms with Crippen LogP contribution in [0.15, 0.2) is 36.4 Å². The number of ether oxygens (including phenoxy) is 3. The molecule has 1 aliphatic rings. The number of carbonyl (C=O) groups is 1. The summed E-state index contributed by atoms with van der Waals surface area (Å²) in [6, 6.07) is 6.60. The highest BCUT2D eigenvalue weighted by Gasteiger charge is 2.23. The lowest BCUT2D eigenvalue weighted by Gasteiger charge is -2.25. The van der Waals surface area contributed by atoms with Gasteiger partial charge in [-0.05, 0) is 49.4 Å². The molecule has 1 heterocycles. The number of nitrogens with zero attached hydrogens (tertiary/aromatic N) is 1. The van der Waals surface area contributed by atoms with E-state index in [9.17, 15) is 4.79 Å². The minimum absolute atomic E-state index is 0.248. The fraction of sp³-hybridized carbons (Fsp3) is 0.292. The number of allylic oxidation sites excluding steroid dienone is 1. The molecule has 0 N–H and O–H groups in total. The number of halogens is 2. The largest absolute Gasteiger partial charge is 0.496 e. The lowest BCUT2D eigenvalue weighted by atomic mass is 9.94. The van der Waals surface area contributed by atoms with Crippen LogP contribution < -0.4 is 14.2 Å². The third kappa shape index (κ3) is 5.06. The first-order valence-corrected chi connectivity index (χ1v) is 10.5. The standard InChI is InChI=1S/C24H25Cl2NO4/c1-27-11-9-15(10-12-27)23-22(30-3)14-21(29-2)18(24(23)31-4)7-8-20(28)17-6-5-16(25)13-19(17)26/h5-9,13-14H,10-12H2,1-4H3/b8-7+. The van der Waals surface area contributed by atoms with E-state index in [2.05, 4.69) is 18.0 Å². The summed E-state index contributed by atoms with van der Waals surface area (Å²) in [6.45, 7) is 1.77. The molecule has 0 aromatic heterocycles. The van der Waals surface area contributed by atoms with E-state index in [1.165, 1.54) is 6.08 Å². The zero-order chi connectivity index (χ0) is 22.5. The number of rotatable bonds is 7. The van der Waals surface area contributed by atoms with Crippen LogP contribution in [0.25, 0.3) is 11.6 Å². The molecule has 0 fully saturated rings. The molecule has 0 bridgehead atoms. The third-order valence-electron chi connectivity index (χ3n) is 5.22. The molecule has 3 rings (SSSR count). The Kier molecular flexibility index (Phi) is 7.65. The van der Waals surface area contributed by atoms with Gasteiger partial charge in [-0.25, -0.2) is 0 Å². The third-order valence-corrected chi connectivity index (χ3v) is 5.77. The minimum atomic E-state index is -0.248. The molecule has 0 amide bonds. The first-order valence-electron chi connectivity index (χ1n) is 9.78. The maximum Gasteiger partial charge on any atom is 0.187 e. The van der Waals surface area contributed by atoms with Crippen molar-refractivity contribution in [3.05, 3.63) is 63.2 Å². The molecular weight excluding hydrogens is 437 g/mol. The lowest BCUT2D eigenvalue weighted by molar-refractivity contribution is 0.104. The van der Waals surface area contributed by atoms with E-state index in [4.69, 9.17) is 37.4 Å². The first kappa shape index (κ1) is 23.2. The molecule has 5 nitrogen and oxygen atoms in total. The average Bonchev–Trinajstić information content (AvgIpc) is 2.76. The maximum absolute atomic E-state index is 12.8. The molecule has 7 heteroatoms. The van der Waals surface area contributed by atoms with E-state index in [-0.39, 0.29) is 5.78 Å². The van der Waals surface area contributed by atoms with E-state index in [1.807, 2.05) is 6.07 Å². The van der Waals surface area contributed by atoms with Gasteiger partial charge >= 0.3 is 0 Å². The number of hydrogen-bond acceptors (Lipinski definition) is 5. The molecule has 2 aromatic rings. The van der Waals surface area contributed by atoms with Crippen molar-refractivity contribution in [1.29, 1.82) is 0 Å². The van der Waals surface area contributed by atoms with Crippen LogP contribution in [0, 0.1) is 0 Å². The number of methoxy groups -OCH3 is 3. The van der Waals surface area contributed by atoms with Gasteiger partial charge in [0.1, 0.15) is 17.2 Å². The van der Waals surface area contributed by atoms with Gasteiger partial charge in [0.2, 0.25) is 0 Å². The lowest BCUT2D eigenvalue weighted by Crippen LogP contribution is -2.24. The normalized spacial score (nSPS) is 14.5. The number of hydrogen-bond donors (Lipinski definition) is 0. The Morgan fingerprint density at radius 2 is 1.81 bits per heavy atom. The van der Waals surface area contributed by atoms with Gasteiger partial charge in [-0.15, -0.1) is 0 Å². The van der Waals surface area contributed by atoms with Gasteiger partial charge in [-0.2, -0.15) is 0 Å². The Morgan fingerprint density at radius 3 is 2.39 bits per heavy atom. The molecule has 2 aromatic carbocycles. The van der Waals surface area contributed by atoms with Gasteiger partial charge in [0.15, 0.2) is 5.78 Å². The summed E-state index contributed by atoms with van der Waals surface area (Å²) >= 11 is 12.1. The number of carbonyl (C=O) groups excluding carboxylic acids is 1. The average molecular weight is 462 g/mol. The highest BCUT2D eigenvalue weighted by atomic mass is 35.5. The summed E-state index contributed by atoms with van der Waals surface area (Å²) < 4.78 is 17.0. The Hall–Kier alpha value is -2.47. The second-order valence-corrected chi connectivity index (χ2v) is 8.01. The van der Waals surface area contributed by atoms with Crippen LogP contribution >= 0.6 is 23.2 Å². The molecule has 0 aliphatic carbocycles. The predicted octanol–water partition coefficient (Wildman–Crippen LogP) is 5.63. The van der Waals surface area contributed by atoms with Crippen LogP contribution in [0.5, 0.6) is 17.2 Å². The van der Waals surface area contributed by atoms with Gasteiger partial charge in [-0.1, -0.05) is 29.3 Å². The second-order valence-electron chi connectivity index (χ2n) is 7.17. The number of likely N-dealkylation sites (N-methyl/N-ethyl adjacent to an activating group) is 1. The molecule has 31 heavy (non-hydrogen) atoms. The summed E-state index contributed by atoms with van der Waals surface area (Å²) in [4.78, 5) is 15.0. The zero-order valence-corrected chi connectivity index (χ0v) is 19.5. The quantitative estimate of drug-likeness (QED) is 0.394. The van der Waals surface area contributed by atoms with Gasteiger partial charge < -0.3 is 19.1 Å². The molecule has 0 saturated carbocycles. The highest BCUT2D eigenvalue weighted by molar-refractivity contribution is 6.37. The molecule has 0 unspecified atom stereocenters. The smallest absolute Gasteiger partial charge is 0.187 e. The monoisotopic (exact) mass is 461 g/mol. The molecule has 0 atom stereocenters. The van der Waals surface area contributed by atoms with E-state index < -0.39 is 0 Å². The summed E-state index contributed by atoms with van der Waals surface area (Å²) in [5.74, 6) is 1.55. The van der Waals surface area contributed by atoms with Crippen molar-refractivity contribution in [3.8, 4) is 17.2 Å². The topological polar surface area (TPSA) is 48.0 Å². The molecule has 164 valence electrons. The molecule has 0 spiro atoms. The van der Waals surface area contributed by atoms with Crippen LogP contribution in [-0.2, 0) is 0 Å². The fourth-order valence-electron chi connectivity index (χ4n) is 3.57. The van der Waals surface area contributed by atoms with Crippen molar-refractivity contribution < 1.29 is 19.0 Å². The van der Waals surface area contributed by atoms with E-state index in [0.717, 1.165) is 30.6 Å². The van der Waals surface area contributed by atoms with Gasteiger partial charge in [0.25, 0.3) is 0 Å². The van der Waals surface area contributed by atoms with Crippen molar-refractivity contribution in [2.45, 2.75) is 6.42 Å². The summed E-state index contributed by atoms with van der Waals surface area (Å²) in [5, 5.41) is 0.771. The van der Waals surface area contributed by atoms with Crippen LogP contribution in [0.3, 0.4) is 0 Å². The summed E-state index contributed by atoms with van der Waals surface area (Å²) in [6.07, 6.45) is 6.17. The molecule has 1 aliphatic heterocycles. The van der Waals surface area contributed by atoms with E-state index in [1.54, 1.807) is 45.6 Å². The minimum Gasteiger partial charge on any atom is -0.496 e. The van der Waals surface area contributed by atoms with Crippen molar-refractivity contribution in [1.82, 2.24) is 4.90 Å². The van der Waals surface area contributed by atoms with Crippen molar-refractivity contribution >= 4 is 40.6 Å². The Bertz CT molecular complexity index is 1050. The van der Waals surface area contributed by atoms with Gasteiger partial charge in [0, 0.05) is 29.7 Å². The second kappa shape index (κ2) is 10.2. The van der Waals surface area contributed by atoms with E-state index in [0.29, 0.717) is 38.4 Å². The maximum atomic E-state index is 12.8. The number of ketones is 1. The highest BCUT2D eigenvalue weighted by Crippen LogP contribution is 2.45. The molecular formula is C24H25Cl2NO4. The Morgan fingerprint density at radius 1 is 1.06 bits per heavy atom. The SMILES string of the molecule is COc1cc(OC)c(C2=CCN(C)CC2)c(OC)c1/C=C/C(=O)c1ccc(Cl)cc1Cl. The van der Waals surface area contributed by atoms with Gasteiger partial charge in [0.05, 0.1) is 37.5 Å². The zero-order valence-electron chi connectivity index (χ0n) is 18.0. The molecule has 0 saturated heterocycles. The van der Waals surface area contributed by atoms with Gasteiger partial charge in [-0.3, -0.25) is 4.79 Å². The Labute approximate surface area is 192 Å². The predicted molar refractivity (Wildman–Crippen MR) is 126 cm³/mol. The van der Waals surface area contributed by atoms with Crippen molar-refractivity contribution in [2.24, 2.45) is 0 Å². The molecule has 0 radical (unpaired) electrons. The number of benzene rings is 2. The van der Waals surface area contributed by atoms with Crippen LogP contribution in [0.4, 0.5) is 0 Å².